The number of aromatic nitrogens is 1. The number of benzene rings is 3. The van der Waals surface area contributed by atoms with Crippen LogP contribution >= 0.6 is 15.9 Å². The highest BCUT2D eigenvalue weighted by Gasteiger charge is 2.34. The molecule has 6 heteroatoms. The lowest BCUT2D eigenvalue weighted by molar-refractivity contribution is 0.0717. The Hall–Kier alpha value is -3.12. The summed E-state index contributed by atoms with van der Waals surface area (Å²) in [5.41, 5.74) is 5.62. The molecular formula is C26H24BrN3O2. The lowest BCUT2D eigenvalue weighted by Gasteiger charge is -2.22. The smallest absolute Gasteiger partial charge is 0.254 e. The molecule has 1 atom stereocenters. The molecule has 0 N–H and O–H groups in total. The molecule has 0 radical (unpaired) electrons. The van der Waals surface area contributed by atoms with Crippen molar-refractivity contribution in [2.45, 2.75) is 18.9 Å². The highest BCUT2D eigenvalue weighted by molar-refractivity contribution is 9.10. The third-order valence-corrected chi connectivity index (χ3v) is 6.48. The Labute approximate surface area is 195 Å². The van der Waals surface area contributed by atoms with Crippen LogP contribution < -0.4 is 4.90 Å². The number of likely N-dealkylation sites (tertiary alicyclic amines) is 1. The summed E-state index contributed by atoms with van der Waals surface area (Å²) in [6.45, 7) is 0.707. The maximum atomic E-state index is 13.1. The summed E-state index contributed by atoms with van der Waals surface area (Å²) in [4.78, 5) is 21.9. The lowest BCUT2D eigenvalue weighted by atomic mass is 10.0. The Bertz CT molecular complexity index is 1280. The monoisotopic (exact) mass is 489 g/mol. The lowest BCUT2D eigenvalue weighted by Crippen LogP contribution is -2.30. The van der Waals surface area contributed by atoms with Crippen molar-refractivity contribution in [3.8, 4) is 11.1 Å². The Kier molecular flexibility index (Phi) is 5.47. The molecule has 1 aromatic heterocycles. The van der Waals surface area contributed by atoms with Crippen LogP contribution in [0.4, 0.5) is 5.69 Å². The van der Waals surface area contributed by atoms with E-state index in [0.29, 0.717) is 18.0 Å². The minimum Gasteiger partial charge on any atom is -0.438 e. The summed E-state index contributed by atoms with van der Waals surface area (Å²) < 4.78 is 7.01. The van der Waals surface area contributed by atoms with E-state index in [2.05, 4.69) is 57.2 Å². The molecule has 5 nitrogen and oxygen atoms in total. The predicted octanol–water partition coefficient (Wildman–Crippen LogP) is 6.30. The van der Waals surface area contributed by atoms with Crippen molar-refractivity contribution in [1.29, 1.82) is 0 Å². The van der Waals surface area contributed by atoms with Crippen LogP contribution in [0.3, 0.4) is 0 Å². The van der Waals surface area contributed by atoms with E-state index >= 15 is 0 Å². The number of carbonyl (C=O) groups excluding carboxylic acids is 1. The van der Waals surface area contributed by atoms with Crippen LogP contribution in [0.2, 0.25) is 0 Å². The molecule has 0 saturated carbocycles. The number of nitrogens with zero attached hydrogens (tertiary/aromatic N) is 3. The van der Waals surface area contributed by atoms with Crippen LogP contribution in [-0.2, 0) is 0 Å². The van der Waals surface area contributed by atoms with Gasteiger partial charge in [-0.05, 0) is 66.4 Å². The molecule has 1 saturated heterocycles. The van der Waals surface area contributed by atoms with E-state index < -0.39 is 0 Å². The quantitative estimate of drug-likeness (QED) is 0.337. The molecule has 0 aliphatic carbocycles. The second-order valence-electron chi connectivity index (χ2n) is 8.34. The van der Waals surface area contributed by atoms with Crippen molar-refractivity contribution in [3.05, 3.63) is 82.7 Å². The van der Waals surface area contributed by atoms with Gasteiger partial charge in [-0.25, -0.2) is 4.98 Å². The summed E-state index contributed by atoms with van der Waals surface area (Å²) in [5.74, 6) is 0.624. The summed E-state index contributed by atoms with van der Waals surface area (Å²) >= 11 is 3.46. The first-order valence-electron chi connectivity index (χ1n) is 10.7. The van der Waals surface area contributed by atoms with Gasteiger partial charge < -0.3 is 14.2 Å². The fourth-order valence-electron chi connectivity index (χ4n) is 4.27. The fraction of sp³-hybridized carbons (Fsp3) is 0.231. The standard InChI is InChI=1S/C26H24BrN3O2/c1-29(2)21-11-8-17(9-12-21)18-10-13-24-22(16-18)28-25(32-24)23-7-4-14-30(23)26(31)19-5-3-6-20(27)15-19/h3,5-6,8-13,15-16,23H,4,7,14H2,1-2H3/t23-/m1/s1. The summed E-state index contributed by atoms with van der Waals surface area (Å²) in [6, 6.07) is 21.9. The molecule has 1 fully saturated rings. The van der Waals surface area contributed by atoms with Crippen molar-refractivity contribution < 1.29 is 9.21 Å². The van der Waals surface area contributed by atoms with Crippen molar-refractivity contribution in [2.24, 2.45) is 0 Å². The van der Waals surface area contributed by atoms with Gasteiger partial charge in [0.2, 0.25) is 5.89 Å². The van der Waals surface area contributed by atoms with E-state index in [9.17, 15) is 4.79 Å². The van der Waals surface area contributed by atoms with Gasteiger partial charge >= 0.3 is 0 Å². The average molecular weight is 490 g/mol. The number of anilines is 1. The average Bonchev–Trinajstić information content (AvgIpc) is 3.45. The molecule has 0 bridgehead atoms. The molecule has 162 valence electrons. The van der Waals surface area contributed by atoms with E-state index in [1.165, 1.54) is 0 Å². The molecule has 1 aliphatic rings. The molecule has 1 aliphatic heterocycles. The van der Waals surface area contributed by atoms with Crippen LogP contribution in [0.5, 0.6) is 0 Å². The highest BCUT2D eigenvalue weighted by Crippen LogP contribution is 2.35. The van der Waals surface area contributed by atoms with E-state index in [-0.39, 0.29) is 11.9 Å². The van der Waals surface area contributed by atoms with Gasteiger partial charge in [0.1, 0.15) is 11.6 Å². The van der Waals surface area contributed by atoms with E-state index in [1.807, 2.05) is 49.3 Å². The van der Waals surface area contributed by atoms with Crippen LogP contribution in [-0.4, -0.2) is 36.4 Å². The molecule has 4 aromatic rings. The first-order chi connectivity index (χ1) is 15.5. The van der Waals surface area contributed by atoms with Gasteiger partial charge in [-0.15, -0.1) is 0 Å². The molecular weight excluding hydrogens is 466 g/mol. The Balaban J connectivity index is 1.43. The number of carbonyl (C=O) groups is 1. The van der Waals surface area contributed by atoms with Crippen molar-refractivity contribution in [3.63, 3.8) is 0 Å². The molecule has 32 heavy (non-hydrogen) atoms. The van der Waals surface area contributed by atoms with Crippen molar-refractivity contribution in [2.75, 3.05) is 25.5 Å². The maximum absolute atomic E-state index is 13.1. The van der Waals surface area contributed by atoms with Gasteiger partial charge in [0, 0.05) is 36.4 Å². The molecule has 2 heterocycles. The summed E-state index contributed by atoms with van der Waals surface area (Å²) in [6.07, 6.45) is 1.79. The molecule has 0 spiro atoms. The minimum atomic E-state index is -0.142. The van der Waals surface area contributed by atoms with E-state index in [1.54, 1.807) is 0 Å². The zero-order chi connectivity index (χ0) is 22.2. The maximum Gasteiger partial charge on any atom is 0.254 e. The minimum absolute atomic E-state index is 0.0118. The van der Waals surface area contributed by atoms with Gasteiger partial charge in [-0.3, -0.25) is 4.79 Å². The highest BCUT2D eigenvalue weighted by atomic mass is 79.9. The van der Waals surface area contributed by atoms with Gasteiger partial charge in [-0.1, -0.05) is 40.2 Å². The van der Waals surface area contributed by atoms with Crippen molar-refractivity contribution >= 4 is 38.6 Å². The number of fused-ring (bicyclic) bond motifs is 1. The third-order valence-electron chi connectivity index (χ3n) is 5.99. The van der Waals surface area contributed by atoms with Gasteiger partial charge in [0.25, 0.3) is 5.91 Å². The molecule has 0 unspecified atom stereocenters. The van der Waals surface area contributed by atoms with Crippen LogP contribution in [0, 0.1) is 0 Å². The van der Waals surface area contributed by atoms with Crippen LogP contribution in [0.15, 0.2) is 75.6 Å². The Morgan fingerprint density at radius 2 is 1.84 bits per heavy atom. The van der Waals surface area contributed by atoms with Gasteiger partial charge in [0.15, 0.2) is 5.58 Å². The fourth-order valence-corrected chi connectivity index (χ4v) is 4.67. The van der Waals surface area contributed by atoms with Gasteiger partial charge in [0.05, 0.1) is 0 Å². The molecule has 5 rings (SSSR count). The zero-order valence-corrected chi connectivity index (χ0v) is 19.7. The second-order valence-corrected chi connectivity index (χ2v) is 9.26. The topological polar surface area (TPSA) is 49.6 Å². The van der Waals surface area contributed by atoms with E-state index in [4.69, 9.17) is 9.40 Å². The number of amides is 1. The zero-order valence-electron chi connectivity index (χ0n) is 18.1. The largest absolute Gasteiger partial charge is 0.438 e. The van der Waals surface area contributed by atoms with Crippen LogP contribution in [0.25, 0.3) is 22.2 Å². The molecule has 3 aromatic carbocycles. The Morgan fingerprint density at radius 3 is 2.59 bits per heavy atom. The molecule has 1 amide bonds. The summed E-state index contributed by atoms with van der Waals surface area (Å²) in [5, 5.41) is 0. The van der Waals surface area contributed by atoms with Crippen molar-refractivity contribution in [1.82, 2.24) is 9.88 Å². The van der Waals surface area contributed by atoms with E-state index in [0.717, 1.165) is 45.2 Å². The first-order valence-corrected chi connectivity index (χ1v) is 11.5. The predicted molar refractivity (Wildman–Crippen MR) is 131 cm³/mol. The number of oxazole rings is 1. The normalized spacial score (nSPS) is 16.0. The number of rotatable bonds is 4. The number of halogens is 1. The van der Waals surface area contributed by atoms with Gasteiger partial charge in [-0.2, -0.15) is 0 Å². The second kappa shape index (κ2) is 8.43. The number of hydrogen-bond acceptors (Lipinski definition) is 4. The Morgan fingerprint density at radius 1 is 1.06 bits per heavy atom. The SMILES string of the molecule is CN(C)c1ccc(-c2ccc3oc([C@H]4CCCN4C(=O)c4cccc(Br)c4)nc3c2)cc1. The summed E-state index contributed by atoms with van der Waals surface area (Å²) in [7, 11) is 4.07. The first kappa shape index (κ1) is 20.8. The number of hydrogen-bond donors (Lipinski definition) is 0. The van der Waals surface area contributed by atoms with Crippen LogP contribution in [0.1, 0.15) is 35.1 Å². The third kappa shape index (κ3) is 3.91.